The van der Waals surface area contributed by atoms with E-state index in [1.165, 1.54) is 49.1 Å². The van der Waals surface area contributed by atoms with Gasteiger partial charge in [0.1, 0.15) is 50.4 Å². The number of aromatic nitrogens is 4. The molecular weight excluding hydrogens is 667 g/mol. The van der Waals surface area contributed by atoms with E-state index in [9.17, 15) is 0 Å². The lowest BCUT2D eigenvalue weighted by Crippen LogP contribution is -2.55. The average molecular weight is 700 g/mol. The number of benzene rings is 7. The first kappa shape index (κ1) is 33.1. The van der Waals surface area contributed by atoms with Gasteiger partial charge >= 0.3 is 0 Å². The lowest BCUT2D eigenvalue weighted by Gasteiger charge is -2.20. The van der Waals surface area contributed by atoms with E-state index in [2.05, 4.69) is 165 Å². The van der Waals surface area contributed by atoms with Crippen molar-refractivity contribution in [2.75, 3.05) is 0 Å². The summed E-state index contributed by atoms with van der Waals surface area (Å²) >= 11 is 0. The molecular formula is C45H33B5N4O. The molecule has 0 unspecified atom stereocenters. The zero-order valence-corrected chi connectivity index (χ0v) is 31.5. The molecule has 10 heteroatoms. The molecule has 0 saturated heterocycles. The summed E-state index contributed by atoms with van der Waals surface area (Å²) in [5, 5.41) is 4.59. The fourth-order valence-corrected chi connectivity index (χ4v) is 8.37. The first-order valence-electron chi connectivity index (χ1n) is 18.8. The zero-order chi connectivity index (χ0) is 37.4. The molecule has 0 aliphatic carbocycles. The number of rotatable bonds is 5. The van der Waals surface area contributed by atoms with Gasteiger partial charge in [0.25, 0.3) is 0 Å². The van der Waals surface area contributed by atoms with Crippen molar-refractivity contribution in [3.8, 4) is 51.0 Å². The second-order valence-electron chi connectivity index (χ2n) is 14.6. The van der Waals surface area contributed by atoms with Crippen LogP contribution in [0.5, 0.6) is 0 Å². The molecule has 3 heterocycles. The molecule has 254 valence electrons. The lowest BCUT2D eigenvalue weighted by atomic mass is 9.60. The summed E-state index contributed by atoms with van der Waals surface area (Å²) in [4.78, 5) is 15.3. The number of hydrogen-bond acceptors (Lipinski definition) is 4. The largest absolute Gasteiger partial charge is 0.456 e. The molecule has 0 spiro atoms. The predicted octanol–water partition coefficient (Wildman–Crippen LogP) is 2.83. The Balaban J connectivity index is 1.14. The standard InChI is InChI=1S/C45H33B5N4O/c46-38-37(39(47)41(49)42(50)40(38)48)45-52-43(24-10-3-1-4-11-24)51-44(53-45)26-18-20-30-35(23-26)55-34-17-9-15-28(36(30)34)25-19-21-33-31(22-25)29-14-7-8-16-32(29)54(33)27-12-5-2-6-13-27/h1-23H,46-50H2. The van der Waals surface area contributed by atoms with E-state index in [1.807, 2.05) is 18.2 Å². The van der Waals surface area contributed by atoms with Crippen LogP contribution in [0, 0.1) is 0 Å². The molecule has 0 saturated carbocycles. The summed E-state index contributed by atoms with van der Waals surface area (Å²) in [6.45, 7) is 0. The highest BCUT2D eigenvalue weighted by atomic mass is 16.3. The molecule has 7 aromatic carbocycles. The van der Waals surface area contributed by atoms with E-state index < -0.39 is 0 Å². The van der Waals surface area contributed by atoms with Crippen LogP contribution in [0.15, 0.2) is 144 Å². The molecule has 0 atom stereocenters. The van der Waals surface area contributed by atoms with Gasteiger partial charge in [-0.2, -0.15) is 0 Å². The van der Waals surface area contributed by atoms with Gasteiger partial charge in [0.05, 0.1) is 11.0 Å². The quantitative estimate of drug-likeness (QED) is 0.260. The SMILES string of the molecule is Bc1c(B)c(B)c(-c2nc(-c3ccccc3)nc(-c3ccc4c(c3)oc3cccc(-c5ccc6c(c5)c5ccccc5n6-c5ccccc5)c34)n2)c(B)c1B. The third-order valence-corrected chi connectivity index (χ3v) is 11.6. The summed E-state index contributed by atoms with van der Waals surface area (Å²) in [5.74, 6) is 1.94. The topological polar surface area (TPSA) is 56.7 Å². The van der Waals surface area contributed by atoms with Gasteiger partial charge in [-0.15, -0.1) is 16.4 Å². The Kier molecular flexibility index (Phi) is 7.70. The van der Waals surface area contributed by atoms with E-state index in [0.29, 0.717) is 17.5 Å². The molecule has 0 radical (unpaired) electrons. The number of nitrogens with zero attached hydrogens (tertiary/aromatic N) is 4. The third kappa shape index (κ3) is 5.27. The average Bonchev–Trinajstić information content (AvgIpc) is 3.78. The smallest absolute Gasteiger partial charge is 0.164 e. The zero-order valence-electron chi connectivity index (χ0n) is 31.5. The van der Waals surface area contributed by atoms with Crippen molar-refractivity contribution in [3.63, 3.8) is 0 Å². The number of hydrogen-bond donors (Lipinski definition) is 0. The first-order chi connectivity index (χ1) is 26.9. The van der Waals surface area contributed by atoms with Crippen LogP contribution in [0.3, 0.4) is 0 Å². The number of furan rings is 1. The van der Waals surface area contributed by atoms with Crippen molar-refractivity contribution in [1.29, 1.82) is 0 Å². The van der Waals surface area contributed by atoms with Gasteiger partial charge in [-0.05, 0) is 59.7 Å². The minimum Gasteiger partial charge on any atom is -0.456 e. The van der Waals surface area contributed by atoms with Crippen LogP contribution in [0.25, 0.3) is 94.7 Å². The fraction of sp³-hybridized carbons (Fsp3) is 0. The monoisotopic (exact) mass is 700 g/mol. The van der Waals surface area contributed by atoms with Crippen molar-refractivity contribution in [1.82, 2.24) is 19.5 Å². The second kappa shape index (κ2) is 12.8. The van der Waals surface area contributed by atoms with Crippen LogP contribution >= 0.6 is 0 Å². The fourth-order valence-electron chi connectivity index (χ4n) is 8.37. The van der Waals surface area contributed by atoms with Crippen LogP contribution in [0.2, 0.25) is 0 Å². The van der Waals surface area contributed by atoms with Gasteiger partial charge in [0.15, 0.2) is 17.5 Å². The van der Waals surface area contributed by atoms with Crippen molar-refractivity contribution in [2.24, 2.45) is 0 Å². The second-order valence-corrected chi connectivity index (χ2v) is 14.6. The van der Waals surface area contributed by atoms with Crippen molar-refractivity contribution in [2.45, 2.75) is 0 Å². The Hall–Kier alpha value is -6.53. The molecule has 10 rings (SSSR count). The van der Waals surface area contributed by atoms with Gasteiger partial charge in [-0.3, -0.25) is 0 Å². The Morgan fingerprint density at radius 3 is 1.80 bits per heavy atom. The maximum atomic E-state index is 6.63. The van der Waals surface area contributed by atoms with Crippen LogP contribution < -0.4 is 27.3 Å². The first-order valence-corrected chi connectivity index (χ1v) is 18.8. The molecule has 55 heavy (non-hydrogen) atoms. The van der Waals surface area contributed by atoms with Gasteiger partial charge in [0, 0.05) is 43.9 Å². The Bertz CT molecular complexity index is 3130. The van der Waals surface area contributed by atoms with E-state index in [1.54, 1.807) is 0 Å². The van der Waals surface area contributed by atoms with E-state index >= 15 is 0 Å². The Morgan fingerprint density at radius 2 is 1.04 bits per heavy atom. The van der Waals surface area contributed by atoms with Crippen LogP contribution in [-0.4, -0.2) is 58.8 Å². The maximum Gasteiger partial charge on any atom is 0.164 e. The van der Waals surface area contributed by atoms with Crippen LogP contribution in [0.1, 0.15) is 0 Å². The Morgan fingerprint density at radius 1 is 0.418 bits per heavy atom. The van der Waals surface area contributed by atoms with Crippen LogP contribution in [-0.2, 0) is 0 Å². The molecule has 0 N–H and O–H groups in total. The summed E-state index contributed by atoms with van der Waals surface area (Å²) in [7, 11) is 10.9. The Labute approximate surface area is 323 Å². The molecule has 0 amide bonds. The van der Waals surface area contributed by atoms with Gasteiger partial charge in [-0.25, -0.2) is 15.0 Å². The predicted molar refractivity (Wildman–Crippen MR) is 244 cm³/mol. The van der Waals surface area contributed by atoms with Crippen molar-refractivity contribution >= 4 is 110 Å². The molecule has 5 nitrogen and oxygen atoms in total. The minimum absolute atomic E-state index is 0.612. The van der Waals surface area contributed by atoms with Gasteiger partial charge in [0.2, 0.25) is 0 Å². The number of fused-ring (bicyclic) bond motifs is 6. The molecule has 0 fully saturated rings. The van der Waals surface area contributed by atoms with E-state index in [0.717, 1.165) is 55.4 Å². The summed E-state index contributed by atoms with van der Waals surface area (Å²) < 4.78 is 8.98. The molecule has 3 aromatic heterocycles. The molecule has 10 aromatic rings. The number of para-hydroxylation sites is 2. The maximum absolute atomic E-state index is 6.63. The summed E-state index contributed by atoms with van der Waals surface area (Å²) in [5.41, 5.74) is 16.5. The summed E-state index contributed by atoms with van der Waals surface area (Å²) in [6, 6.07) is 48.9. The highest BCUT2D eigenvalue weighted by Gasteiger charge is 2.21. The van der Waals surface area contributed by atoms with Gasteiger partial charge < -0.3 is 8.98 Å². The van der Waals surface area contributed by atoms with Crippen molar-refractivity contribution < 1.29 is 4.42 Å². The normalized spacial score (nSPS) is 11.6. The van der Waals surface area contributed by atoms with Gasteiger partial charge in [-0.1, -0.05) is 102 Å². The third-order valence-electron chi connectivity index (χ3n) is 11.6. The van der Waals surface area contributed by atoms with Crippen molar-refractivity contribution in [3.05, 3.63) is 140 Å². The van der Waals surface area contributed by atoms with E-state index in [-0.39, 0.29) is 0 Å². The minimum atomic E-state index is 0.612. The highest BCUT2D eigenvalue weighted by molar-refractivity contribution is 6.68. The molecule has 0 aliphatic heterocycles. The molecule has 0 aliphatic rings. The highest BCUT2D eigenvalue weighted by Crippen LogP contribution is 2.40. The lowest BCUT2D eigenvalue weighted by molar-refractivity contribution is 0.669. The van der Waals surface area contributed by atoms with Crippen LogP contribution in [0.4, 0.5) is 0 Å². The van der Waals surface area contributed by atoms with E-state index in [4.69, 9.17) is 19.4 Å². The molecule has 0 bridgehead atoms. The summed E-state index contributed by atoms with van der Waals surface area (Å²) in [6.07, 6.45) is 0.